The monoisotopic (exact) mass is 468 g/mol. The Morgan fingerprint density at radius 2 is 1.71 bits per heavy atom. The van der Waals surface area contributed by atoms with E-state index in [9.17, 15) is 0 Å². The Labute approximate surface area is 207 Å². The summed E-state index contributed by atoms with van der Waals surface area (Å²) in [5.41, 5.74) is 5.79. The minimum atomic E-state index is 0.679. The van der Waals surface area contributed by atoms with Crippen LogP contribution in [0.3, 0.4) is 0 Å². The Balaban J connectivity index is 1.26. The topological polar surface area (TPSA) is 42.8 Å². The van der Waals surface area contributed by atoms with Gasteiger partial charge in [-0.25, -0.2) is 4.98 Å². The van der Waals surface area contributed by atoms with Gasteiger partial charge >= 0.3 is 0 Å². The van der Waals surface area contributed by atoms with Crippen LogP contribution in [0.15, 0.2) is 79.6 Å². The number of methoxy groups -OCH3 is 2. The second-order valence-corrected chi connectivity index (χ2v) is 8.95. The maximum absolute atomic E-state index is 5.38. The molecule has 0 bridgehead atoms. The Hall–Kier alpha value is -3.77. The molecule has 0 amide bonds. The Morgan fingerprint density at radius 1 is 0.914 bits per heavy atom. The van der Waals surface area contributed by atoms with E-state index in [1.54, 1.807) is 14.2 Å². The highest BCUT2D eigenvalue weighted by atomic mass is 16.5. The molecule has 6 heteroatoms. The quantitative estimate of drug-likeness (QED) is 0.339. The number of nitrogens with zero attached hydrogens (tertiary/aromatic N) is 4. The molecular weight excluding hydrogens is 436 g/mol. The van der Waals surface area contributed by atoms with Gasteiger partial charge in [0, 0.05) is 68.3 Å². The van der Waals surface area contributed by atoms with Crippen molar-refractivity contribution < 1.29 is 9.47 Å². The minimum absolute atomic E-state index is 0.679. The van der Waals surface area contributed by atoms with E-state index in [0.717, 1.165) is 56.2 Å². The molecule has 0 aliphatic carbocycles. The fourth-order valence-electron chi connectivity index (χ4n) is 4.77. The van der Waals surface area contributed by atoms with Crippen molar-refractivity contribution >= 4 is 22.5 Å². The molecule has 0 spiro atoms. The summed E-state index contributed by atoms with van der Waals surface area (Å²) in [6.45, 7) is 9.70. The van der Waals surface area contributed by atoms with Crippen LogP contribution in [0.25, 0.3) is 16.8 Å². The van der Waals surface area contributed by atoms with Gasteiger partial charge in [0.05, 0.1) is 14.2 Å². The molecule has 0 saturated carbocycles. The third-order valence-electron chi connectivity index (χ3n) is 6.77. The van der Waals surface area contributed by atoms with E-state index in [-0.39, 0.29) is 0 Å². The normalized spacial score (nSPS) is 14.3. The van der Waals surface area contributed by atoms with E-state index in [2.05, 4.69) is 81.7 Å². The van der Waals surface area contributed by atoms with Gasteiger partial charge in [0.2, 0.25) is 0 Å². The van der Waals surface area contributed by atoms with E-state index >= 15 is 0 Å². The van der Waals surface area contributed by atoms with Crippen LogP contribution in [0.5, 0.6) is 5.75 Å². The van der Waals surface area contributed by atoms with Gasteiger partial charge in [0.1, 0.15) is 17.2 Å². The molecule has 35 heavy (non-hydrogen) atoms. The molecule has 5 rings (SSSR count). The molecule has 1 saturated heterocycles. The van der Waals surface area contributed by atoms with Crippen molar-refractivity contribution in [1.29, 1.82) is 0 Å². The number of piperazine rings is 1. The summed E-state index contributed by atoms with van der Waals surface area (Å²) in [6.07, 6.45) is 4.07. The zero-order valence-corrected chi connectivity index (χ0v) is 20.5. The zero-order chi connectivity index (χ0) is 24.2. The van der Waals surface area contributed by atoms with Crippen LogP contribution in [-0.2, 0) is 17.8 Å². The lowest BCUT2D eigenvalue weighted by atomic mass is 10.1. The number of anilines is 1. The zero-order valence-electron chi connectivity index (χ0n) is 20.5. The molecule has 180 valence electrons. The Kier molecular flexibility index (Phi) is 6.73. The summed E-state index contributed by atoms with van der Waals surface area (Å²) >= 11 is 0. The molecule has 0 unspecified atom stereocenters. The van der Waals surface area contributed by atoms with E-state index in [0.29, 0.717) is 5.76 Å². The van der Waals surface area contributed by atoms with Crippen molar-refractivity contribution in [2.24, 2.45) is 0 Å². The number of rotatable bonds is 8. The van der Waals surface area contributed by atoms with Gasteiger partial charge in [0.25, 0.3) is 0 Å². The lowest BCUT2D eigenvalue weighted by Crippen LogP contribution is -2.46. The van der Waals surface area contributed by atoms with Crippen molar-refractivity contribution in [3.63, 3.8) is 0 Å². The average Bonchev–Trinajstić information content (AvgIpc) is 3.32. The third-order valence-corrected chi connectivity index (χ3v) is 6.77. The van der Waals surface area contributed by atoms with Gasteiger partial charge in [-0.05, 0) is 35.4 Å². The van der Waals surface area contributed by atoms with E-state index in [4.69, 9.17) is 14.5 Å². The Bertz CT molecular complexity index is 1300. The first-order valence-corrected chi connectivity index (χ1v) is 12.0. The first-order chi connectivity index (χ1) is 17.1. The first-order valence-electron chi connectivity index (χ1n) is 12.0. The van der Waals surface area contributed by atoms with Crippen molar-refractivity contribution in [3.05, 3.63) is 96.3 Å². The predicted molar refractivity (Wildman–Crippen MR) is 142 cm³/mol. The average molecular weight is 469 g/mol. The molecular formula is C29H32N4O2. The predicted octanol–water partition coefficient (Wildman–Crippen LogP) is 5.03. The van der Waals surface area contributed by atoms with Gasteiger partial charge < -0.3 is 18.9 Å². The fourth-order valence-corrected chi connectivity index (χ4v) is 4.77. The number of hydrogen-bond donors (Lipinski definition) is 0. The standard InChI is InChI=1S/C29H32N4O2/c1-22(34-2)25-9-7-23(8-10-25)21-33-14-12-27-28(11-13-30-29(27)33)32-17-15-31(16-18-32)20-24-5-4-6-26(19-24)35-3/h4-14,19H,1,15-18,20-21H2,2-3H3. The van der Waals surface area contributed by atoms with Crippen molar-refractivity contribution in [1.82, 2.24) is 14.5 Å². The van der Waals surface area contributed by atoms with Gasteiger partial charge in [-0.2, -0.15) is 0 Å². The van der Waals surface area contributed by atoms with Crippen LogP contribution in [0, 0.1) is 0 Å². The summed E-state index contributed by atoms with van der Waals surface area (Å²) in [4.78, 5) is 9.72. The molecule has 1 aliphatic rings. The number of benzene rings is 2. The highest BCUT2D eigenvalue weighted by Gasteiger charge is 2.20. The number of fused-ring (bicyclic) bond motifs is 1. The molecule has 0 atom stereocenters. The van der Waals surface area contributed by atoms with Crippen LogP contribution < -0.4 is 9.64 Å². The summed E-state index contributed by atoms with van der Waals surface area (Å²) < 4.78 is 12.8. The van der Waals surface area contributed by atoms with Crippen LogP contribution in [0.4, 0.5) is 5.69 Å². The van der Waals surface area contributed by atoms with Gasteiger partial charge in [-0.3, -0.25) is 4.90 Å². The molecule has 4 aromatic rings. The van der Waals surface area contributed by atoms with Crippen LogP contribution in [0.1, 0.15) is 16.7 Å². The lowest BCUT2D eigenvalue weighted by molar-refractivity contribution is 0.249. The molecule has 6 nitrogen and oxygen atoms in total. The Morgan fingerprint density at radius 3 is 2.46 bits per heavy atom. The number of pyridine rings is 1. The van der Waals surface area contributed by atoms with Crippen LogP contribution in [0.2, 0.25) is 0 Å². The molecule has 3 heterocycles. The third kappa shape index (κ3) is 5.03. The first kappa shape index (κ1) is 23.0. The summed E-state index contributed by atoms with van der Waals surface area (Å²) in [7, 11) is 3.36. The van der Waals surface area contributed by atoms with Gasteiger partial charge in [0.15, 0.2) is 0 Å². The molecule has 0 radical (unpaired) electrons. The fraction of sp³-hybridized carbons (Fsp3) is 0.276. The molecule has 1 aliphatic heterocycles. The van der Waals surface area contributed by atoms with Crippen molar-refractivity contribution in [2.75, 3.05) is 45.3 Å². The summed E-state index contributed by atoms with van der Waals surface area (Å²) in [6, 6.07) is 21.1. The van der Waals surface area contributed by atoms with Gasteiger partial charge in [-0.15, -0.1) is 0 Å². The smallest absolute Gasteiger partial charge is 0.142 e. The molecule has 2 aromatic heterocycles. The maximum Gasteiger partial charge on any atom is 0.142 e. The molecule has 1 fully saturated rings. The maximum atomic E-state index is 5.38. The lowest BCUT2D eigenvalue weighted by Gasteiger charge is -2.36. The summed E-state index contributed by atoms with van der Waals surface area (Å²) in [5.74, 6) is 1.60. The van der Waals surface area contributed by atoms with E-state index in [1.807, 2.05) is 12.3 Å². The van der Waals surface area contributed by atoms with Crippen molar-refractivity contribution in [2.45, 2.75) is 13.1 Å². The summed E-state index contributed by atoms with van der Waals surface area (Å²) in [5, 5.41) is 1.21. The van der Waals surface area contributed by atoms with E-state index < -0.39 is 0 Å². The number of ether oxygens (including phenoxy) is 2. The molecule has 0 N–H and O–H groups in total. The number of hydrogen-bond acceptors (Lipinski definition) is 5. The second-order valence-electron chi connectivity index (χ2n) is 8.95. The van der Waals surface area contributed by atoms with E-state index in [1.165, 1.54) is 22.2 Å². The highest BCUT2D eigenvalue weighted by Crippen LogP contribution is 2.28. The van der Waals surface area contributed by atoms with Crippen LogP contribution >= 0.6 is 0 Å². The largest absolute Gasteiger partial charge is 0.497 e. The second kappa shape index (κ2) is 10.2. The van der Waals surface area contributed by atoms with Crippen molar-refractivity contribution in [3.8, 4) is 5.75 Å². The number of aromatic nitrogens is 2. The minimum Gasteiger partial charge on any atom is -0.497 e. The highest BCUT2D eigenvalue weighted by molar-refractivity contribution is 5.90. The van der Waals surface area contributed by atoms with Gasteiger partial charge in [-0.1, -0.05) is 43.0 Å². The van der Waals surface area contributed by atoms with Crippen LogP contribution in [-0.4, -0.2) is 54.8 Å². The molecule has 2 aromatic carbocycles. The SMILES string of the molecule is C=C(OC)c1ccc(Cn2ccc3c(N4CCN(Cc5cccc(OC)c5)CC4)ccnc32)cc1.